The van der Waals surface area contributed by atoms with Crippen molar-refractivity contribution in [3.63, 3.8) is 0 Å². The third kappa shape index (κ3) is 5.18. The maximum atomic E-state index is 14.6. The third-order valence-corrected chi connectivity index (χ3v) is 5.12. The number of carbonyl (C=O) groups excluding carboxylic acids is 1. The minimum atomic E-state index is -4.74. The first-order valence-electron chi connectivity index (χ1n) is 10.4. The van der Waals surface area contributed by atoms with Crippen molar-refractivity contribution in [2.75, 3.05) is 19.0 Å². The summed E-state index contributed by atoms with van der Waals surface area (Å²) in [5.74, 6) is -3.12. The van der Waals surface area contributed by atoms with E-state index in [1.165, 1.54) is 12.1 Å². The first kappa shape index (κ1) is 25.1. The highest BCUT2D eigenvalue weighted by atomic mass is 19.4. The number of nitrogens with zero attached hydrogens (tertiary/aromatic N) is 3. The van der Waals surface area contributed by atoms with Gasteiger partial charge in [0, 0.05) is 26.4 Å². The molecule has 182 valence electrons. The Labute approximate surface area is 192 Å². The van der Waals surface area contributed by atoms with Crippen LogP contribution in [0, 0.1) is 17.6 Å². The molecule has 0 saturated carbocycles. The molecule has 0 saturated heterocycles. The lowest BCUT2D eigenvalue weighted by atomic mass is 10.0. The van der Waals surface area contributed by atoms with Gasteiger partial charge < -0.3 is 10.2 Å². The predicted octanol–water partition coefficient (Wildman–Crippen LogP) is 4.44. The molecule has 0 aliphatic heterocycles. The van der Waals surface area contributed by atoms with Crippen LogP contribution in [0.3, 0.4) is 0 Å². The van der Waals surface area contributed by atoms with E-state index in [0.29, 0.717) is 11.9 Å². The molecule has 1 amide bonds. The molecule has 2 aromatic heterocycles. The second-order valence-electron chi connectivity index (χ2n) is 8.47. The van der Waals surface area contributed by atoms with Crippen LogP contribution >= 0.6 is 0 Å². The number of aromatic nitrogens is 2. The molecular weight excluding hydrogens is 459 g/mol. The second kappa shape index (κ2) is 9.40. The standard InChI is InChI=1S/C23H23F5N4O2/c1-12(2)9-18(23(26,27)28)29-22(34)15-11-32(17-7-5-13(24)10-16(17)25)21-14(20(15)33)6-8-19(30-21)31(3)4/h5-8,10-12,18H,9H2,1-4H3,(H,29,34)/t18-/m1/s1. The lowest BCUT2D eigenvalue weighted by molar-refractivity contribution is -0.156. The summed E-state index contributed by atoms with van der Waals surface area (Å²) in [7, 11) is 3.37. The lowest BCUT2D eigenvalue weighted by Crippen LogP contribution is -2.47. The largest absolute Gasteiger partial charge is 0.408 e. The van der Waals surface area contributed by atoms with E-state index in [9.17, 15) is 31.5 Å². The predicted molar refractivity (Wildman–Crippen MR) is 118 cm³/mol. The number of nitrogens with one attached hydrogen (secondary N) is 1. The molecule has 34 heavy (non-hydrogen) atoms. The summed E-state index contributed by atoms with van der Waals surface area (Å²) < 4.78 is 69.6. The summed E-state index contributed by atoms with van der Waals surface area (Å²) in [5, 5.41) is 1.77. The average Bonchev–Trinajstić information content (AvgIpc) is 2.72. The number of benzene rings is 1. The highest BCUT2D eigenvalue weighted by molar-refractivity contribution is 5.97. The third-order valence-electron chi connectivity index (χ3n) is 5.12. The quantitative estimate of drug-likeness (QED) is 0.528. The van der Waals surface area contributed by atoms with Crippen LogP contribution in [0.5, 0.6) is 0 Å². The van der Waals surface area contributed by atoms with Gasteiger partial charge in [-0.25, -0.2) is 13.8 Å². The zero-order chi connectivity index (χ0) is 25.4. The molecule has 0 aliphatic carbocycles. The van der Waals surface area contributed by atoms with Gasteiger partial charge in [-0.15, -0.1) is 0 Å². The van der Waals surface area contributed by atoms with Crippen LogP contribution in [0.15, 0.2) is 41.3 Å². The van der Waals surface area contributed by atoms with Crippen molar-refractivity contribution in [2.24, 2.45) is 5.92 Å². The monoisotopic (exact) mass is 482 g/mol. The summed E-state index contributed by atoms with van der Waals surface area (Å²) >= 11 is 0. The molecule has 1 N–H and O–H groups in total. The van der Waals surface area contributed by atoms with Crippen LogP contribution in [0.1, 0.15) is 30.6 Å². The Hall–Kier alpha value is -3.50. The highest BCUT2D eigenvalue weighted by Crippen LogP contribution is 2.26. The number of hydrogen-bond donors (Lipinski definition) is 1. The molecule has 11 heteroatoms. The van der Waals surface area contributed by atoms with E-state index in [1.807, 2.05) is 5.32 Å². The van der Waals surface area contributed by atoms with Gasteiger partial charge in [-0.2, -0.15) is 13.2 Å². The number of carbonyl (C=O) groups is 1. The Morgan fingerprint density at radius 1 is 1.15 bits per heavy atom. The average molecular weight is 482 g/mol. The lowest BCUT2D eigenvalue weighted by Gasteiger charge is -2.23. The van der Waals surface area contributed by atoms with E-state index in [2.05, 4.69) is 4.98 Å². The van der Waals surface area contributed by atoms with Crippen LogP contribution in [0.4, 0.5) is 27.8 Å². The minimum Gasteiger partial charge on any atom is -0.363 e. The van der Waals surface area contributed by atoms with Gasteiger partial charge in [0.05, 0.1) is 11.1 Å². The Balaban J connectivity index is 2.24. The molecule has 0 radical (unpaired) electrons. The van der Waals surface area contributed by atoms with Crippen molar-refractivity contribution >= 4 is 22.8 Å². The minimum absolute atomic E-state index is 0.0483. The number of halogens is 5. The summed E-state index contributed by atoms with van der Waals surface area (Å²) in [5.41, 5.74) is -1.78. The summed E-state index contributed by atoms with van der Waals surface area (Å²) in [6.07, 6.45) is -4.20. The van der Waals surface area contributed by atoms with Crippen LogP contribution in [-0.2, 0) is 0 Å². The van der Waals surface area contributed by atoms with Gasteiger partial charge in [0.15, 0.2) is 5.65 Å². The van der Waals surface area contributed by atoms with Gasteiger partial charge in [-0.05, 0) is 36.6 Å². The van der Waals surface area contributed by atoms with E-state index >= 15 is 0 Å². The number of anilines is 1. The van der Waals surface area contributed by atoms with Crippen molar-refractivity contribution < 1.29 is 26.7 Å². The fraction of sp³-hybridized carbons (Fsp3) is 0.348. The van der Waals surface area contributed by atoms with Gasteiger partial charge in [-0.3, -0.25) is 14.2 Å². The van der Waals surface area contributed by atoms with E-state index in [4.69, 9.17) is 0 Å². The number of fused-ring (bicyclic) bond motifs is 1. The molecule has 6 nitrogen and oxygen atoms in total. The fourth-order valence-electron chi connectivity index (χ4n) is 3.45. The van der Waals surface area contributed by atoms with Gasteiger partial charge in [0.25, 0.3) is 5.91 Å². The van der Waals surface area contributed by atoms with E-state index in [0.717, 1.165) is 22.9 Å². The first-order valence-corrected chi connectivity index (χ1v) is 10.4. The molecule has 0 aliphatic rings. The SMILES string of the molecule is CC(C)C[C@@H](NC(=O)c1cn(-c2ccc(F)cc2F)c2nc(N(C)C)ccc2c1=O)C(F)(F)F. The van der Waals surface area contributed by atoms with Crippen LogP contribution in [-0.4, -0.2) is 41.8 Å². The summed E-state index contributed by atoms with van der Waals surface area (Å²) in [6.45, 7) is 3.14. The molecule has 3 rings (SSSR count). The van der Waals surface area contributed by atoms with Gasteiger partial charge in [0.1, 0.15) is 29.1 Å². The van der Waals surface area contributed by atoms with Crippen molar-refractivity contribution in [1.82, 2.24) is 14.9 Å². The normalized spacial score (nSPS) is 12.8. The number of hydrogen-bond acceptors (Lipinski definition) is 4. The van der Waals surface area contributed by atoms with Crippen molar-refractivity contribution in [3.8, 4) is 5.69 Å². The number of amides is 1. The number of pyridine rings is 2. The van der Waals surface area contributed by atoms with Crippen LogP contribution in [0.2, 0.25) is 0 Å². The molecule has 0 unspecified atom stereocenters. The summed E-state index contributed by atoms with van der Waals surface area (Å²) in [4.78, 5) is 31.9. The number of rotatable bonds is 6. The van der Waals surface area contributed by atoms with E-state index < -0.39 is 47.2 Å². The Morgan fingerprint density at radius 3 is 2.38 bits per heavy atom. The zero-order valence-corrected chi connectivity index (χ0v) is 18.9. The Morgan fingerprint density at radius 2 is 1.82 bits per heavy atom. The van der Waals surface area contributed by atoms with Crippen molar-refractivity contribution in [2.45, 2.75) is 32.5 Å². The van der Waals surface area contributed by atoms with Crippen molar-refractivity contribution in [3.05, 3.63) is 63.9 Å². The molecule has 1 atom stereocenters. The molecule has 0 bridgehead atoms. The van der Waals surface area contributed by atoms with Gasteiger partial charge in [-0.1, -0.05) is 13.8 Å². The molecule has 3 aromatic rings. The smallest absolute Gasteiger partial charge is 0.363 e. The Kier molecular flexibility index (Phi) is 6.94. The van der Waals surface area contributed by atoms with Crippen molar-refractivity contribution in [1.29, 1.82) is 0 Å². The highest BCUT2D eigenvalue weighted by Gasteiger charge is 2.41. The topological polar surface area (TPSA) is 67.2 Å². The van der Waals surface area contributed by atoms with E-state index in [-0.39, 0.29) is 22.6 Å². The van der Waals surface area contributed by atoms with Crippen LogP contribution < -0.4 is 15.6 Å². The Bertz CT molecular complexity index is 1280. The first-order chi connectivity index (χ1) is 15.8. The van der Waals surface area contributed by atoms with Gasteiger partial charge >= 0.3 is 6.18 Å². The maximum absolute atomic E-state index is 14.6. The molecule has 0 spiro atoms. The second-order valence-corrected chi connectivity index (χ2v) is 8.47. The van der Waals surface area contributed by atoms with E-state index in [1.54, 1.807) is 32.8 Å². The maximum Gasteiger partial charge on any atom is 0.408 e. The van der Waals surface area contributed by atoms with Crippen LogP contribution in [0.25, 0.3) is 16.7 Å². The number of alkyl halides is 3. The fourth-order valence-corrected chi connectivity index (χ4v) is 3.45. The summed E-state index contributed by atoms with van der Waals surface area (Å²) in [6, 6.07) is 3.31. The molecular formula is C23H23F5N4O2. The zero-order valence-electron chi connectivity index (χ0n) is 18.9. The molecule has 0 fully saturated rings. The molecule has 1 aromatic carbocycles. The van der Waals surface area contributed by atoms with Gasteiger partial charge in [0.2, 0.25) is 5.43 Å². The molecule has 2 heterocycles.